The van der Waals surface area contributed by atoms with Crippen molar-refractivity contribution in [3.8, 4) is 16.9 Å². The van der Waals surface area contributed by atoms with Gasteiger partial charge in [0, 0.05) is 24.8 Å². The summed E-state index contributed by atoms with van der Waals surface area (Å²) < 4.78 is 11.9. The summed E-state index contributed by atoms with van der Waals surface area (Å²) in [6.45, 7) is 4.46. The first-order chi connectivity index (χ1) is 16.9. The Kier molecular flexibility index (Phi) is 7.29. The van der Waals surface area contributed by atoms with Gasteiger partial charge in [-0.3, -0.25) is 9.59 Å². The Morgan fingerprint density at radius 2 is 1.74 bits per heavy atom. The zero-order valence-corrected chi connectivity index (χ0v) is 20.2. The monoisotopic (exact) mass is 475 g/mol. The molecule has 2 heterocycles. The third-order valence-electron chi connectivity index (χ3n) is 6.30. The van der Waals surface area contributed by atoms with Gasteiger partial charge in [0.2, 0.25) is 0 Å². The number of amides is 1. The third kappa shape index (κ3) is 5.42. The van der Waals surface area contributed by atoms with Crippen LogP contribution in [0.15, 0.2) is 54.7 Å². The van der Waals surface area contributed by atoms with E-state index in [0.29, 0.717) is 31.6 Å². The molecule has 1 aliphatic rings. The van der Waals surface area contributed by atoms with Crippen LogP contribution in [0, 0.1) is 19.8 Å². The highest BCUT2D eigenvalue weighted by molar-refractivity contribution is 5.97. The van der Waals surface area contributed by atoms with Crippen LogP contribution in [0.4, 0.5) is 0 Å². The highest BCUT2D eigenvalue weighted by atomic mass is 16.5. The molecule has 0 bridgehead atoms. The highest BCUT2D eigenvalue weighted by Crippen LogP contribution is 2.28. The highest BCUT2D eigenvalue weighted by Gasteiger charge is 2.29. The molecule has 0 saturated carbocycles. The number of likely N-dealkylation sites (tertiary alicyclic amines) is 1. The Labute approximate surface area is 204 Å². The van der Waals surface area contributed by atoms with E-state index < -0.39 is 5.97 Å². The van der Waals surface area contributed by atoms with Gasteiger partial charge < -0.3 is 14.4 Å². The Morgan fingerprint density at radius 1 is 1.03 bits per heavy atom. The number of methoxy groups -OCH3 is 1. The van der Waals surface area contributed by atoms with Gasteiger partial charge in [-0.05, 0) is 44.4 Å². The summed E-state index contributed by atoms with van der Waals surface area (Å²) in [5, 5.41) is 4.69. The van der Waals surface area contributed by atoms with Crippen molar-refractivity contribution in [2.24, 2.45) is 5.92 Å². The molecule has 1 fully saturated rings. The molecule has 1 aliphatic heterocycles. The van der Waals surface area contributed by atoms with E-state index in [2.05, 4.69) is 5.10 Å². The SMILES string of the molecule is COC(=O)C1CCN(C(=O)COC(=O)c2cn(-c3ccccc3)nc2-c2ccc(C)cc2C)CC1. The Bertz CT molecular complexity index is 1230. The largest absolute Gasteiger partial charge is 0.469 e. The smallest absolute Gasteiger partial charge is 0.342 e. The Morgan fingerprint density at radius 3 is 2.40 bits per heavy atom. The zero-order valence-electron chi connectivity index (χ0n) is 20.2. The van der Waals surface area contributed by atoms with Gasteiger partial charge in [0.25, 0.3) is 5.91 Å². The molecule has 0 spiro atoms. The van der Waals surface area contributed by atoms with E-state index in [4.69, 9.17) is 9.47 Å². The van der Waals surface area contributed by atoms with Crippen molar-refractivity contribution in [1.82, 2.24) is 14.7 Å². The molecule has 8 heteroatoms. The second kappa shape index (κ2) is 10.5. The van der Waals surface area contributed by atoms with Crippen molar-refractivity contribution in [2.75, 3.05) is 26.8 Å². The third-order valence-corrected chi connectivity index (χ3v) is 6.30. The molecule has 35 heavy (non-hydrogen) atoms. The summed E-state index contributed by atoms with van der Waals surface area (Å²) in [4.78, 5) is 39.1. The van der Waals surface area contributed by atoms with E-state index in [1.807, 2.05) is 62.4 Å². The molecule has 0 aliphatic carbocycles. The fourth-order valence-corrected chi connectivity index (χ4v) is 4.34. The number of esters is 2. The fraction of sp³-hybridized carbons (Fsp3) is 0.333. The topological polar surface area (TPSA) is 90.7 Å². The van der Waals surface area contributed by atoms with E-state index in [1.165, 1.54) is 7.11 Å². The van der Waals surface area contributed by atoms with Crippen LogP contribution in [-0.2, 0) is 19.1 Å². The van der Waals surface area contributed by atoms with Crippen LogP contribution in [0.2, 0.25) is 0 Å². The summed E-state index contributed by atoms with van der Waals surface area (Å²) in [6.07, 6.45) is 2.71. The minimum atomic E-state index is -0.611. The number of carbonyl (C=O) groups is 3. The number of aryl methyl sites for hydroxylation is 2. The Balaban J connectivity index is 1.51. The summed E-state index contributed by atoms with van der Waals surface area (Å²) >= 11 is 0. The number of carbonyl (C=O) groups excluding carboxylic acids is 3. The molecule has 2 aromatic carbocycles. The van der Waals surface area contributed by atoms with Gasteiger partial charge in [0.1, 0.15) is 11.3 Å². The molecule has 0 unspecified atom stereocenters. The van der Waals surface area contributed by atoms with Gasteiger partial charge in [0.15, 0.2) is 6.61 Å². The summed E-state index contributed by atoms with van der Waals surface area (Å²) in [5.41, 5.74) is 4.53. The molecule has 4 rings (SSSR count). The first-order valence-electron chi connectivity index (χ1n) is 11.6. The average molecular weight is 476 g/mol. The first-order valence-corrected chi connectivity index (χ1v) is 11.6. The van der Waals surface area contributed by atoms with Gasteiger partial charge in [-0.2, -0.15) is 5.10 Å². The molecule has 1 aromatic heterocycles. The lowest BCUT2D eigenvalue weighted by molar-refractivity contribution is -0.149. The summed E-state index contributed by atoms with van der Waals surface area (Å²) in [5.74, 6) is -1.35. The lowest BCUT2D eigenvalue weighted by Crippen LogP contribution is -2.42. The van der Waals surface area contributed by atoms with Crippen LogP contribution < -0.4 is 0 Å². The van der Waals surface area contributed by atoms with Gasteiger partial charge in [0.05, 0.1) is 18.7 Å². The van der Waals surface area contributed by atoms with Crippen molar-refractivity contribution >= 4 is 17.8 Å². The molecular weight excluding hydrogens is 446 g/mol. The minimum absolute atomic E-state index is 0.198. The van der Waals surface area contributed by atoms with Gasteiger partial charge in [-0.15, -0.1) is 0 Å². The van der Waals surface area contributed by atoms with Crippen molar-refractivity contribution in [1.29, 1.82) is 0 Å². The molecular formula is C27H29N3O5. The second-order valence-electron chi connectivity index (χ2n) is 8.74. The molecule has 8 nitrogen and oxygen atoms in total. The standard InChI is InChI=1S/C27H29N3O5/c1-18-9-10-22(19(2)15-18)25-23(16-30(28-25)21-7-5-4-6-8-21)27(33)35-17-24(31)29-13-11-20(12-14-29)26(32)34-3/h4-10,15-16,20H,11-14,17H2,1-3H3. The lowest BCUT2D eigenvalue weighted by Gasteiger charge is -2.30. The van der Waals surface area contributed by atoms with Crippen LogP contribution in [0.1, 0.15) is 34.3 Å². The number of nitrogens with zero attached hydrogens (tertiary/aromatic N) is 3. The van der Waals surface area contributed by atoms with Gasteiger partial charge >= 0.3 is 11.9 Å². The normalized spacial score (nSPS) is 14.0. The summed E-state index contributed by atoms with van der Waals surface area (Å²) in [6, 6.07) is 15.4. The average Bonchev–Trinajstić information content (AvgIpc) is 3.32. The molecule has 0 atom stereocenters. The van der Waals surface area contributed by atoms with Crippen molar-refractivity contribution in [3.05, 3.63) is 71.4 Å². The van der Waals surface area contributed by atoms with E-state index in [1.54, 1.807) is 15.8 Å². The number of rotatable bonds is 6. The summed E-state index contributed by atoms with van der Waals surface area (Å²) in [7, 11) is 1.37. The van der Waals surface area contributed by atoms with Crippen LogP contribution in [-0.4, -0.2) is 59.3 Å². The van der Waals surface area contributed by atoms with Gasteiger partial charge in [-0.25, -0.2) is 9.48 Å². The maximum Gasteiger partial charge on any atom is 0.342 e. The molecule has 3 aromatic rings. The lowest BCUT2D eigenvalue weighted by atomic mass is 9.97. The number of hydrogen-bond acceptors (Lipinski definition) is 6. The number of para-hydroxylation sites is 1. The van der Waals surface area contributed by atoms with Crippen LogP contribution >= 0.6 is 0 Å². The van der Waals surface area contributed by atoms with Crippen LogP contribution in [0.25, 0.3) is 16.9 Å². The number of benzene rings is 2. The Hall–Kier alpha value is -3.94. The zero-order chi connectivity index (χ0) is 24.9. The number of piperidine rings is 1. The number of ether oxygens (including phenoxy) is 2. The van der Waals surface area contributed by atoms with Crippen LogP contribution in [0.5, 0.6) is 0 Å². The molecule has 0 N–H and O–H groups in total. The predicted molar refractivity (Wildman–Crippen MR) is 130 cm³/mol. The second-order valence-corrected chi connectivity index (χ2v) is 8.74. The number of hydrogen-bond donors (Lipinski definition) is 0. The first kappa shape index (κ1) is 24.2. The maximum absolute atomic E-state index is 13.1. The van der Waals surface area contributed by atoms with E-state index >= 15 is 0 Å². The quantitative estimate of drug-likeness (QED) is 0.505. The predicted octanol–water partition coefficient (Wildman–Crippen LogP) is 3.72. The minimum Gasteiger partial charge on any atom is -0.469 e. The molecule has 1 saturated heterocycles. The molecule has 1 amide bonds. The number of aromatic nitrogens is 2. The van der Waals surface area contributed by atoms with Crippen molar-refractivity contribution < 1.29 is 23.9 Å². The fourth-order valence-electron chi connectivity index (χ4n) is 4.34. The van der Waals surface area contributed by atoms with E-state index in [9.17, 15) is 14.4 Å². The maximum atomic E-state index is 13.1. The van der Waals surface area contributed by atoms with Crippen molar-refractivity contribution in [3.63, 3.8) is 0 Å². The molecule has 0 radical (unpaired) electrons. The van der Waals surface area contributed by atoms with E-state index in [-0.39, 0.29) is 30.0 Å². The van der Waals surface area contributed by atoms with E-state index in [0.717, 1.165) is 22.4 Å². The van der Waals surface area contributed by atoms with Crippen molar-refractivity contribution in [2.45, 2.75) is 26.7 Å². The molecule has 182 valence electrons. The van der Waals surface area contributed by atoms with Gasteiger partial charge in [-0.1, -0.05) is 42.0 Å². The van der Waals surface area contributed by atoms with Crippen LogP contribution in [0.3, 0.4) is 0 Å².